The third-order valence-corrected chi connectivity index (χ3v) is 3.14. The number of hydrogen-bond acceptors (Lipinski definition) is 3. The molecular weight excluding hydrogens is 230 g/mol. The summed E-state index contributed by atoms with van der Waals surface area (Å²) in [6.07, 6.45) is 1.84. The monoisotopic (exact) mass is 241 g/mol. The highest BCUT2D eigenvalue weighted by atomic mass is 35.5. The van der Waals surface area contributed by atoms with Crippen LogP contribution in [0, 0.1) is 0 Å². The van der Waals surface area contributed by atoms with Gasteiger partial charge in [-0.25, -0.2) is 4.98 Å². The number of aromatic nitrogens is 1. The van der Waals surface area contributed by atoms with E-state index in [0.29, 0.717) is 11.0 Å². The molecule has 1 saturated carbocycles. The summed E-state index contributed by atoms with van der Waals surface area (Å²) in [4.78, 5) is 14.9. The second kappa shape index (κ2) is 3.94. The second-order valence-electron chi connectivity index (χ2n) is 4.04. The Hall–Kier alpha value is -1.29. The van der Waals surface area contributed by atoms with Crippen LogP contribution in [0.15, 0.2) is 12.1 Å². The zero-order chi connectivity index (χ0) is 11.8. The van der Waals surface area contributed by atoms with Crippen molar-refractivity contribution in [2.45, 2.75) is 24.7 Å². The van der Waals surface area contributed by atoms with Crippen molar-refractivity contribution < 1.29 is 14.6 Å². The van der Waals surface area contributed by atoms with Gasteiger partial charge in [0.1, 0.15) is 5.15 Å². The van der Waals surface area contributed by atoms with Crippen LogP contribution in [-0.2, 0) is 10.2 Å². The summed E-state index contributed by atoms with van der Waals surface area (Å²) in [6, 6.07) is 3.48. The molecule has 0 bridgehead atoms. The molecule has 1 aliphatic rings. The Morgan fingerprint density at radius 2 is 2.31 bits per heavy atom. The smallest absolute Gasteiger partial charge is 0.304 e. The summed E-state index contributed by atoms with van der Waals surface area (Å²) in [6.45, 7) is 0. The maximum atomic E-state index is 10.8. The van der Waals surface area contributed by atoms with Gasteiger partial charge in [0.2, 0.25) is 5.88 Å². The predicted octanol–water partition coefficient (Wildman–Crippen LogP) is 2.25. The van der Waals surface area contributed by atoms with E-state index in [9.17, 15) is 4.79 Å². The molecule has 0 amide bonds. The van der Waals surface area contributed by atoms with Crippen LogP contribution in [-0.4, -0.2) is 23.2 Å². The Bertz CT molecular complexity index is 429. The molecule has 1 aromatic heterocycles. The van der Waals surface area contributed by atoms with Gasteiger partial charge < -0.3 is 9.84 Å². The van der Waals surface area contributed by atoms with Crippen LogP contribution in [0.2, 0.25) is 5.15 Å². The van der Waals surface area contributed by atoms with Gasteiger partial charge in [-0.1, -0.05) is 17.7 Å². The fourth-order valence-corrected chi connectivity index (χ4v) is 2.10. The number of carboxylic acids is 1. The van der Waals surface area contributed by atoms with Crippen molar-refractivity contribution in [2.24, 2.45) is 0 Å². The number of ether oxygens (including phenoxy) is 1. The van der Waals surface area contributed by atoms with Gasteiger partial charge in [0.15, 0.2) is 0 Å². The third kappa shape index (κ3) is 1.97. The van der Waals surface area contributed by atoms with E-state index in [4.69, 9.17) is 21.4 Å². The lowest BCUT2D eigenvalue weighted by atomic mass is 9.93. The second-order valence-corrected chi connectivity index (χ2v) is 4.43. The molecule has 1 aliphatic carbocycles. The van der Waals surface area contributed by atoms with Crippen LogP contribution in [0.25, 0.3) is 0 Å². The molecule has 0 spiro atoms. The van der Waals surface area contributed by atoms with Crippen molar-refractivity contribution in [1.29, 1.82) is 0 Å². The molecular formula is C11H12ClNO3. The first-order valence-electron chi connectivity index (χ1n) is 5.00. The van der Waals surface area contributed by atoms with Crippen molar-refractivity contribution in [3.8, 4) is 5.88 Å². The average molecular weight is 242 g/mol. The third-order valence-electron chi connectivity index (χ3n) is 2.93. The Morgan fingerprint density at radius 1 is 1.62 bits per heavy atom. The number of carbonyl (C=O) groups is 1. The van der Waals surface area contributed by atoms with Crippen molar-refractivity contribution in [3.05, 3.63) is 22.8 Å². The van der Waals surface area contributed by atoms with E-state index < -0.39 is 5.97 Å². The number of carboxylic acid groups (broad SMARTS) is 1. The molecule has 0 radical (unpaired) electrons. The van der Waals surface area contributed by atoms with E-state index in [1.54, 1.807) is 6.07 Å². The van der Waals surface area contributed by atoms with Crippen LogP contribution >= 0.6 is 11.6 Å². The van der Waals surface area contributed by atoms with E-state index in [0.717, 1.165) is 18.4 Å². The molecule has 0 aliphatic heterocycles. The van der Waals surface area contributed by atoms with Crippen LogP contribution in [0.3, 0.4) is 0 Å². The highest BCUT2D eigenvalue weighted by molar-refractivity contribution is 6.29. The largest absolute Gasteiger partial charge is 0.481 e. The van der Waals surface area contributed by atoms with Gasteiger partial charge in [-0.05, 0) is 18.9 Å². The Kier molecular flexibility index (Phi) is 2.76. The molecule has 86 valence electrons. The lowest BCUT2D eigenvalue weighted by Gasteiger charge is -2.15. The molecule has 0 aromatic carbocycles. The summed E-state index contributed by atoms with van der Waals surface area (Å²) in [7, 11) is 1.51. The topological polar surface area (TPSA) is 59.4 Å². The minimum Gasteiger partial charge on any atom is -0.481 e. The fraction of sp³-hybridized carbons (Fsp3) is 0.455. The number of pyridine rings is 1. The van der Waals surface area contributed by atoms with Gasteiger partial charge in [0, 0.05) is 11.0 Å². The number of rotatable bonds is 4. The quantitative estimate of drug-likeness (QED) is 0.822. The lowest BCUT2D eigenvalue weighted by Crippen LogP contribution is -2.14. The summed E-state index contributed by atoms with van der Waals surface area (Å²) in [5.41, 5.74) is 0.552. The number of hydrogen-bond donors (Lipinski definition) is 1. The van der Waals surface area contributed by atoms with Crippen LogP contribution in [0.4, 0.5) is 0 Å². The van der Waals surface area contributed by atoms with Crippen LogP contribution in [0.1, 0.15) is 24.8 Å². The minimum atomic E-state index is -0.797. The SMILES string of the molecule is COc1nc(Cl)ccc1C1(CC(=O)O)CC1. The summed E-state index contributed by atoms with van der Waals surface area (Å²) in [5, 5.41) is 9.23. The molecule has 2 rings (SSSR count). The maximum absolute atomic E-state index is 10.8. The standard InChI is InChI=1S/C11H12ClNO3/c1-16-10-7(2-3-8(12)13-10)11(4-5-11)6-9(14)15/h2-3H,4-6H2,1H3,(H,14,15). The zero-order valence-electron chi connectivity index (χ0n) is 8.86. The van der Waals surface area contributed by atoms with Gasteiger partial charge in [0.25, 0.3) is 0 Å². The summed E-state index contributed by atoms with van der Waals surface area (Å²) >= 11 is 5.76. The molecule has 16 heavy (non-hydrogen) atoms. The number of aliphatic carboxylic acids is 1. The van der Waals surface area contributed by atoms with Crippen molar-refractivity contribution in [3.63, 3.8) is 0 Å². The van der Waals surface area contributed by atoms with Crippen molar-refractivity contribution in [1.82, 2.24) is 4.98 Å². The summed E-state index contributed by atoms with van der Waals surface area (Å²) in [5.74, 6) is -0.360. The normalized spacial score (nSPS) is 16.9. The Morgan fingerprint density at radius 3 is 2.81 bits per heavy atom. The molecule has 4 nitrogen and oxygen atoms in total. The van der Waals surface area contributed by atoms with E-state index in [1.807, 2.05) is 6.07 Å². The Labute approximate surface area is 98.2 Å². The number of nitrogens with zero attached hydrogens (tertiary/aromatic N) is 1. The molecule has 0 atom stereocenters. The first kappa shape index (κ1) is 11.2. The Balaban J connectivity index is 2.36. The number of halogens is 1. The first-order chi connectivity index (χ1) is 7.57. The van der Waals surface area contributed by atoms with E-state index in [-0.39, 0.29) is 11.8 Å². The molecule has 0 saturated heterocycles. The zero-order valence-corrected chi connectivity index (χ0v) is 9.62. The lowest BCUT2D eigenvalue weighted by molar-refractivity contribution is -0.137. The van der Waals surface area contributed by atoms with Gasteiger partial charge in [-0.3, -0.25) is 4.79 Å². The van der Waals surface area contributed by atoms with Crippen molar-refractivity contribution in [2.75, 3.05) is 7.11 Å². The summed E-state index contributed by atoms with van der Waals surface area (Å²) < 4.78 is 5.15. The average Bonchev–Trinajstić information content (AvgIpc) is 2.97. The van der Waals surface area contributed by atoms with Gasteiger partial charge >= 0.3 is 5.97 Å². The van der Waals surface area contributed by atoms with Gasteiger partial charge in [-0.2, -0.15) is 0 Å². The maximum Gasteiger partial charge on any atom is 0.304 e. The molecule has 0 unspecified atom stereocenters. The number of methoxy groups -OCH3 is 1. The molecule has 1 N–H and O–H groups in total. The molecule has 1 heterocycles. The molecule has 5 heteroatoms. The van der Waals surface area contributed by atoms with Crippen LogP contribution < -0.4 is 4.74 Å². The van der Waals surface area contributed by atoms with E-state index >= 15 is 0 Å². The minimum absolute atomic E-state index is 0.118. The fourth-order valence-electron chi connectivity index (χ4n) is 1.96. The van der Waals surface area contributed by atoms with Crippen LogP contribution in [0.5, 0.6) is 5.88 Å². The predicted molar refractivity (Wildman–Crippen MR) is 59.0 cm³/mol. The molecule has 1 aromatic rings. The first-order valence-corrected chi connectivity index (χ1v) is 5.38. The molecule has 1 fully saturated rings. The van der Waals surface area contributed by atoms with E-state index in [2.05, 4.69) is 4.98 Å². The highest BCUT2D eigenvalue weighted by Crippen LogP contribution is 2.53. The van der Waals surface area contributed by atoms with Crippen molar-refractivity contribution >= 4 is 17.6 Å². The van der Waals surface area contributed by atoms with Gasteiger partial charge in [0.05, 0.1) is 13.5 Å². The van der Waals surface area contributed by atoms with E-state index in [1.165, 1.54) is 7.11 Å². The van der Waals surface area contributed by atoms with Gasteiger partial charge in [-0.15, -0.1) is 0 Å². The highest BCUT2D eigenvalue weighted by Gasteiger charge is 2.48.